The van der Waals surface area contributed by atoms with Gasteiger partial charge in [-0.1, -0.05) is 23.9 Å². The van der Waals surface area contributed by atoms with Gasteiger partial charge >= 0.3 is 0 Å². The molecule has 0 aromatic carbocycles. The fraction of sp³-hybridized carbons (Fsp3) is 0.478. The lowest BCUT2D eigenvalue weighted by Crippen LogP contribution is -2.41. The van der Waals surface area contributed by atoms with Gasteiger partial charge in [-0.05, 0) is 49.4 Å². The smallest absolute Gasteiger partial charge is 0.232 e. The molecule has 2 aromatic rings. The normalized spacial score (nSPS) is 16.3. The van der Waals surface area contributed by atoms with E-state index in [1.807, 2.05) is 48.3 Å². The Bertz CT molecular complexity index is 803. The molecular formula is C23H30N4O2S. The third kappa shape index (κ3) is 7.13. The maximum Gasteiger partial charge on any atom is 0.232 e. The zero-order valence-electron chi connectivity index (χ0n) is 17.6. The summed E-state index contributed by atoms with van der Waals surface area (Å²) in [4.78, 5) is 37.4. The van der Waals surface area contributed by atoms with Crippen molar-refractivity contribution in [2.75, 3.05) is 32.4 Å². The molecule has 3 rings (SSSR count). The van der Waals surface area contributed by atoms with Crippen molar-refractivity contribution in [1.29, 1.82) is 0 Å². The number of carbonyl (C=O) groups is 2. The van der Waals surface area contributed by atoms with E-state index in [0.717, 1.165) is 49.5 Å². The standard InChI is InChI=1S/C23H30N4O2S/c1-26(16-12-20-8-2-4-13-24-20)22(28)11-10-19-7-6-15-27(17-19)23(29)18-30-21-9-3-5-14-25-21/h2-5,8-9,13-14,19H,6-7,10-12,15-18H2,1H3/t19-/m1/s1. The van der Waals surface area contributed by atoms with Gasteiger partial charge in [-0.15, -0.1) is 0 Å². The minimum Gasteiger partial charge on any atom is -0.345 e. The number of pyridine rings is 2. The molecule has 2 amide bonds. The van der Waals surface area contributed by atoms with Crippen LogP contribution < -0.4 is 0 Å². The Hall–Kier alpha value is -2.41. The van der Waals surface area contributed by atoms with Crippen LogP contribution in [0.25, 0.3) is 0 Å². The van der Waals surface area contributed by atoms with E-state index in [0.29, 0.717) is 24.6 Å². The van der Waals surface area contributed by atoms with Gasteiger partial charge in [-0.3, -0.25) is 14.6 Å². The largest absolute Gasteiger partial charge is 0.345 e. The van der Waals surface area contributed by atoms with Crippen LogP contribution in [-0.2, 0) is 16.0 Å². The van der Waals surface area contributed by atoms with E-state index < -0.39 is 0 Å². The van der Waals surface area contributed by atoms with Crippen LogP contribution in [0.4, 0.5) is 0 Å². The molecule has 0 aliphatic carbocycles. The lowest BCUT2D eigenvalue weighted by molar-refractivity contribution is -0.130. The molecule has 6 nitrogen and oxygen atoms in total. The van der Waals surface area contributed by atoms with Crippen molar-refractivity contribution in [2.45, 2.75) is 37.1 Å². The fourth-order valence-corrected chi connectivity index (χ4v) is 4.42. The molecule has 0 N–H and O–H groups in total. The van der Waals surface area contributed by atoms with Crippen LogP contribution >= 0.6 is 11.8 Å². The molecule has 1 fully saturated rings. The van der Waals surface area contributed by atoms with Crippen molar-refractivity contribution in [3.8, 4) is 0 Å². The predicted molar refractivity (Wildman–Crippen MR) is 119 cm³/mol. The summed E-state index contributed by atoms with van der Waals surface area (Å²) >= 11 is 1.48. The second-order valence-corrected chi connectivity index (χ2v) is 8.73. The highest BCUT2D eigenvalue weighted by molar-refractivity contribution is 7.99. The van der Waals surface area contributed by atoms with Crippen molar-refractivity contribution in [1.82, 2.24) is 19.8 Å². The monoisotopic (exact) mass is 426 g/mol. The summed E-state index contributed by atoms with van der Waals surface area (Å²) in [6, 6.07) is 11.6. The van der Waals surface area contributed by atoms with Gasteiger partial charge in [0.25, 0.3) is 0 Å². The first kappa shape index (κ1) is 22.3. The van der Waals surface area contributed by atoms with Crippen LogP contribution in [0.1, 0.15) is 31.4 Å². The number of carbonyl (C=O) groups excluding carboxylic acids is 2. The van der Waals surface area contributed by atoms with Crippen LogP contribution in [0.2, 0.25) is 0 Å². The highest BCUT2D eigenvalue weighted by atomic mass is 32.2. The molecule has 0 bridgehead atoms. The number of hydrogen-bond acceptors (Lipinski definition) is 5. The minimum atomic E-state index is 0.161. The SMILES string of the molecule is CN(CCc1ccccn1)C(=O)CC[C@H]1CCCN(C(=O)CSc2ccccn2)C1. The van der Waals surface area contributed by atoms with Crippen LogP contribution in [0.5, 0.6) is 0 Å². The van der Waals surface area contributed by atoms with E-state index in [9.17, 15) is 9.59 Å². The van der Waals surface area contributed by atoms with Crippen LogP contribution in [0.15, 0.2) is 53.8 Å². The lowest BCUT2D eigenvalue weighted by atomic mass is 9.93. The van der Waals surface area contributed by atoms with Crippen LogP contribution in [0, 0.1) is 5.92 Å². The van der Waals surface area contributed by atoms with E-state index >= 15 is 0 Å². The third-order valence-electron chi connectivity index (χ3n) is 5.47. The van der Waals surface area contributed by atoms with E-state index in [1.54, 1.807) is 17.3 Å². The van der Waals surface area contributed by atoms with Gasteiger partial charge in [0.05, 0.1) is 10.8 Å². The summed E-state index contributed by atoms with van der Waals surface area (Å²) in [5.74, 6) is 1.14. The first-order chi connectivity index (χ1) is 14.6. The molecule has 2 aromatic heterocycles. The van der Waals surface area contributed by atoms with Crippen LogP contribution in [-0.4, -0.2) is 64.0 Å². The van der Waals surface area contributed by atoms with Gasteiger partial charge in [0.15, 0.2) is 0 Å². The van der Waals surface area contributed by atoms with Crippen molar-refractivity contribution < 1.29 is 9.59 Å². The Morgan fingerprint density at radius 3 is 2.70 bits per heavy atom. The number of hydrogen-bond donors (Lipinski definition) is 0. The highest BCUT2D eigenvalue weighted by Gasteiger charge is 2.24. The summed E-state index contributed by atoms with van der Waals surface area (Å²) < 4.78 is 0. The van der Waals surface area contributed by atoms with Crippen molar-refractivity contribution in [3.05, 3.63) is 54.5 Å². The molecule has 0 saturated carbocycles. The Balaban J connectivity index is 1.37. The van der Waals surface area contributed by atoms with Gasteiger partial charge in [0, 0.05) is 57.6 Å². The van der Waals surface area contributed by atoms with E-state index in [4.69, 9.17) is 0 Å². The Morgan fingerprint density at radius 2 is 1.97 bits per heavy atom. The Labute approximate surface area is 183 Å². The summed E-state index contributed by atoms with van der Waals surface area (Å²) in [5.41, 5.74) is 1.00. The molecule has 1 aliphatic heterocycles. The molecule has 3 heterocycles. The average molecular weight is 427 g/mol. The molecule has 30 heavy (non-hydrogen) atoms. The predicted octanol–water partition coefficient (Wildman–Crippen LogP) is 3.29. The van der Waals surface area contributed by atoms with E-state index in [1.165, 1.54) is 11.8 Å². The summed E-state index contributed by atoms with van der Waals surface area (Å²) in [6.07, 6.45) is 7.76. The van der Waals surface area contributed by atoms with Gasteiger partial charge in [0.1, 0.15) is 0 Å². The Morgan fingerprint density at radius 1 is 1.17 bits per heavy atom. The molecule has 1 saturated heterocycles. The number of piperidine rings is 1. The number of likely N-dealkylation sites (tertiary alicyclic amines) is 1. The molecule has 160 valence electrons. The maximum atomic E-state index is 12.6. The maximum absolute atomic E-state index is 12.6. The molecule has 1 atom stereocenters. The molecule has 7 heteroatoms. The molecular weight excluding hydrogens is 396 g/mol. The highest BCUT2D eigenvalue weighted by Crippen LogP contribution is 2.23. The third-order valence-corrected chi connectivity index (χ3v) is 6.40. The van der Waals surface area contributed by atoms with Crippen molar-refractivity contribution in [2.24, 2.45) is 5.92 Å². The zero-order chi connectivity index (χ0) is 21.2. The molecule has 1 aliphatic rings. The molecule has 0 unspecified atom stereocenters. The lowest BCUT2D eigenvalue weighted by Gasteiger charge is -2.33. The summed E-state index contributed by atoms with van der Waals surface area (Å²) in [5, 5.41) is 0.874. The van der Waals surface area contributed by atoms with Crippen molar-refractivity contribution >= 4 is 23.6 Å². The van der Waals surface area contributed by atoms with Gasteiger partial charge in [-0.2, -0.15) is 0 Å². The van der Waals surface area contributed by atoms with Gasteiger partial charge < -0.3 is 9.80 Å². The fourth-order valence-electron chi connectivity index (χ4n) is 3.66. The van der Waals surface area contributed by atoms with Gasteiger partial charge in [-0.25, -0.2) is 4.98 Å². The second kappa shape index (κ2) is 11.7. The summed E-state index contributed by atoms with van der Waals surface area (Å²) in [6.45, 7) is 2.25. The number of aromatic nitrogens is 2. The van der Waals surface area contributed by atoms with Crippen molar-refractivity contribution in [3.63, 3.8) is 0 Å². The summed E-state index contributed by atoms with van der Waals surface area (Å²) in [7, 11) is 1.86. The average Bonchev–Trinajstić information content (AvgIpc) is 2.81. The first-order valence-corrected chi connectivity index (χ1v) is 11.6. The molecule has 0 radical (unpaired) electrons. The van der Waals surface area contributed by atoms with Crippen LogP contribution in [0.3, 0.4) is 0 Å². The number of amides is 2. The molecule has 0 spiro atoms. The number of nitrogens with zero attached hydrogens (tertiary/aromatic N) is 4. The number of thioether (sulfide) groups is 1. The number of likely N-dealkylation sites (N-methyl/N-ethyl adjacent to an activating group) is 1. The quantitative estimate of drug-likeness (QED) is 0.576. The zero-order valence-corrected chi connectivity index (χ0v) is 18.4. The van der Waals surface area contributed by atoms with Gasteiger partial charge in [0.2, 0.25) is 11.8 Å². The number of rotatable bonds is 9. The minimum absolute atomic E-state index is 0.161. The van der Waals surface area contributed by atoms with E-state index in [-0.39, 0.29) is 11.8 Å². The second-order valence-electron chi connectivity index (χ2n) is 7.73. The first-order valence-electron chi connectivity index (χ1n) is 10.6. The van der Waals surface area contributed by atoms with E-state index in [2.05, 4.69) is 9.97 Å². The Kier molecular flexibility index (Phi) is 8.68. The topological polar surface area (TPSA) is 66.4 Å².